The third-order valence-electron chi connectivity index (χ3n) is 4.70. The molecular formula is C19H30ClN3O2. The molecule has 1 atom stereocenters. The van der Waals surface area contributed by atoms with Crippen LogP contribution in [0.1, 0.15) is 44.1 Å². The summed E-state index contributed by atoms with van der Waals surface area (Å²) in [7, 11) is 0. The predicted molar refractivity (Wildman–Crippen MR) is 103 cm³/mol. The van der Waals surface area contributed by atoms with E-state index in [0.717, 1.165) is 18.4 Å². The van der Waals surface area contributed by atoms with Crippen LogP contribution in [0.3, 0.4) is 0 Å². The van der Waals surface area contributed by atoms with E-state index in [0.29, 0.717) is 31.8 Å². The van der Waals surface area contributed by atoms with Crippen LogP contribution in [0.25, 0.3) is 0 Å². The molecule has 6 heteroatoms. The summed E-state index contributed by atoms with van der Waals surface area (Å²) in [6.07, 6.45) is 6.68. The fourth-order valence-electron chi connectivity index (χ4n) is 3.34. The van der Waals surface area contributed by atoms with Gasteiger partial charge in [0.2, 0.25) is 11.8 Å². The van der Waals surface area contributed by atoms with Gasteiger partial charge in [-0.1, -0.05) is 49.6 Å². The zero-order valence-corrected chi connectivity index (χ0v) is 15.5. The largest absolute Gasteiger partial charge is 0.355 e. The quantitative estimate of drug-likeness (QED) is 0.658. The van der Waals surface area contributed by atoms with Crippen LogP contribution in [0.15, 0.2) is 30.3 Å². The summed E-state index contributed by atoms with van der Waals surface area (Å²) in [5.74, 6) is 0.410. The minimum absolute atomic E-state index is 0. The first-order chi connectivity index (χ1) is 11.7. The van der Waals surface area contributed by atoms with E-state index in [1.54, 1.807) is 0 Å². The van der Waals surface area contributed by atoms with Crippen LogP contribution in [0, 0.1) is 5.92 Å². The Morgan fingerprint density at radius 1 is 1.08 bits per heavy atom. The second-order valence-electron chi connectivity index (χ2n) is 6.57. The average molecular weight is 368 g/mol. The molecular weight excluding hydrogens is 338 g/mol. The Balaban J connectivity index is 0.00000312. The van der Waals surface area contributed by atoms with E-state index in [1.165, 1.54) is 19.3 Å². The molecule has 1 aromatic rings. The van der Waals surface area contributed by atoms with Crippen LogP contribution in [-0.2, 0) is 16.0 Å². The van der Waals surface area contributed by atoms with E-state index in [9.17, 15) is 9.59 Å². The molecule has 0 saturated heterocycles. The van der Waals surface area contributed by atoms with Crippen LogP contribution in [0.5, 0.6) is 0 Å². The molecule has 2 amide bonds. The number of hydrogen-bond donors (Lipinski definition) is 3. The zero-order chi connectivity index (χ0) is 17.2. The van der Waals surface area contributed by atoms with Gasteiger partial charge in [0.05, 0.1) is 6.42 Å². The number of hydrogen-bond acceptors (Lipinski definition) is 3. The molecule has 0 heterocycles. The SMILES string of the molecule is Cl.NCC(NC(=O)CCNC(=O)Cc1ccccc1)C1CCCCC1. The molecule has 2 rings (SSSR count). The molecule has 1 saturated carbocycles. The average Bonchev–Trinajstić information content (AvgIpc) is 2.61. The van der Waals surface area contributed by atoms with E-state index in [2.05, 4.69) is 10.6 Å². The molecule has 1 aliphatic rings. The standard InChI is InChI=1S/C19H29N3O2.ClH/c20-14-17(16-9-5-2-6-10-16)22-18(23)11-12-21-19(24)13-15-7-3-1-4-8-15;/h1,3-4,7-8,16-17H,2,5-6,9-14,20H2,(H,21,24)(H,22,23);1H. The predicted octanol–water partition coefficient (Wildman–Crippen LogP) is 2.18. The number of nitrogens with two attached hydrogens (primary N) is 1. The topological polar surface area (TPSA) is 84.2 Å². The first kappa shape index (κ1) is 21.5. The van der Waals surface area contributed by atoms with Crippen LogP contribution in [0.2, 0.25) is 0 Å². The van der Waals surface area contributed by atoms with E-state index in [1.807, 2.05) is 30.3 Å². The number of nitrogens with one attached hydrogen (secondary N) is 2. The lowest BCUT2D eigenvalue weighted by Gasteiger charge is -2.30. The molecule has 1 unspecified atom stereocenters. The highest BCUT2D eigenvalue weighted by Crippen LogP contribution is 2.26. The number of halogens is 1. The van der Waals surface area contributed by atoms with Crippen molar-refractivity contribution in [3.63, 3.8) is 0 Å². The van der Waals surface area contributed by atoms with Crippen LogP contribution in [0.4, 0.5) is 0 Å². The maximum absolute atomic E-state index is 12.1. The Labute approximate surface area is 156 Å². The molecule has 0 spiro atoms. The molecule has 0 aromatic heterocycles. The van der Waals surface area contributed by atoms with Crippen molar-refractivity contribution >= 4 is 24.2 Å². The van der Waals surface area contributed by atoms with E-state index < -0.39 is 0 Å². The van der Waals surface area contributed by atoms with Crippen molar-refractivity contribution < 1.29 is 9.59 Å². The van der Waals surface area contributed by atoms with Gasteiger partial charge in [-0.15, -0.1) is 12.4 Å². The minimum Gasteiger partial charge on any atom is -0.355 e. The second-order valence-corrected chi connectivity index (χ2v) is 6.57. The highest BCUT2D eigenvalue weighted by molar-refractivity contribution is 5.85. The van der Waals surface area contributed by atoms with Gasteiger partial charge in [-0.2, -0.15) is 0 Å². The Hall–Kier alpha value is -1.59. The maximum atomic E-state index is 12.1. The monoisotopic (exact) mass is 367 g/mol. The Kier molecular flexibility index (Phi) is 10.2. The van der Waals surface area contributed by atoms with Gasteiger partial charge in [0.1, 0.15) is 0 Å². The lowest BCUT2D eigenvalue weighted by atomic mass is 9.84. The molecule has 1 aliphatic carbocycles. The van der Waals surface area contributed by atoms with Crippen LogP contribution < -0.4 is 16.4 Å². The van der Waals surface area contributed by atoms with Gasteiger partial charge in [-0.25, -0.2) is 0 Å². The van der Waals surface area contributed by atoms with E-state index >= 15 is 0 Å². The lowest BCUT2D eigenvalue weighted by Crippen LogP contribution is -2.46. The molecule has 4 N–H and O–H groups in total. The molecule has 140 valence electrons. The Bertz CT molecular complexity index is 519. The van der Waals surface area contributed by atoms with Crippen molar-refractivity contribution in [2.75, 3.05) is 13.1 Å². The summed E-state index contributed by atoms with van der Waals surface area (Å²) in [5, 5.41) is 5.85. The molecule has 0 aliphatic heterocycles. The van der Waals surface area contributed by atoms with Crippen molar-refractivity contribution in [2.24, 2.45) is 11.7 Å². The van der Waals surface area contributed by atoms with Crippen molar-refractivity contribution in [1.29, 1.82) is 0 Å². The summed E-state index contributed by atoms with van der Waals surface area (Å²) in [6.45, 7) is 0.843. The highest BCUT2D eigenvalue weighted by atomic mass is 35.5. The number of carbonyl (C=O) groups is 2. The van der Waals surface area contributed by atoms with Gasteiger partial charge in [0, 0.05) is 25.6 Å². The highest BCUT2D eigenvalue weighted by Gasteiger charge is 2.23. The van der Waals surface area contributed by atoms with Gasteiger partial charge in [0.25, 0.3) is 0 Å². The number of rotatable bonds is 8. The number of carbonyl (C=O) groups excluding carboxylic acids is 2. The van der Waals surface area contributed by atoms with Crippen LogP contribution >= 0.6 is 12.4 Å². The van der Waals surface area contributed by atoms with E-state index in [4.69, 9.17) is 5.73 Å². The number of benzene rings is 1. The van der Waals surface area contributed by atoms with Crippen LogP contribution in [-0.4, -0.2) is 30.9 Å². The maximum Gasteiger partial charge on any atom is 0.224 e. The fourth-order valence-corrected chi connectivity index (χ4v) is 3.34. The van der Waals surface area contributed by atoms with Gasteiger partial charge in [-0.3, -0.25) is 9.59 Å². The summed E-state index contributed by atoms with van der Waals surface area (Å²) >= 11 is 0. The Morgan fingerprint density at radius 3 is 2.40 bits per heavy atom. The minimum atomic E-state index is -0.0587. The fraction of sp³-hybridized carbons (Fsp3) is 0.579. The summed E-state index contributed by atoms with van der Waals surface area (Å²) in [5.41, 5.74) is 6.80. The van der Waals surface area contributed by atoms with Gasteiger partial charge in [-0.05, 0) is 24.3 Å². The van der Waals surface area contributed by atoms with Gasteiger partial charge in [0.15, 0.2) is 0 Å². The third-order valence-corrected chi connectivity index (χ3v) is 4.70. The van der Waals surface area contributed by atoms with E-state index in [-0.39, 0.29) is 30.3 Å². The van der Waals surface area contributed by atoms with Crippen molar-refractivity contribution in [1.82, 2.24) is 10.6 Å². The number of amides is 2. The first-order valence-corrected chi connectivity index (χ1v) is 8.99. The molecule has 5 nitrogen and oxygen atoms in total. The van der Waals surface area contributed by atoms with Crippen molar-refractivity contribution in [2.45, 2.75) is 51.0 Å². The van der Waals surface area contributed by atoms with Crippen molar-refractivity contribution in [3.8, 4) is 0 Å². The van der Waals surface area contributed by atoms with Gasteiger partial charge < -0.3 is 16.4 Å². The third kappa shape index (κ3) is 7.88. The summed E-state index contributed by atoms with van der Waals surface area (Å²) in [4.78, 5) is 23.9. The second kappa shape index (κ2) is 11.9. The van der Waals surface area contributed by atoms with Crippen molar-refractivity contribution in [3.05, 3.63) is 35.9 Å². The normalized spacial score (nSPS) is 15.7. The molecule has 1 fully saturated rings. The summed E-state index contributed by atoms with van der Waals surface area (Å²) < 4.78 is 0. The lowest BCUT2D eigenvalue weighted by molar-refractivity contribution is -0.122. The molecule has 1 aromatic carbocycles. The molecule has 0 bridgehead atoms. The molecule has 25 heavy (non-hydrogen) atoms. The van der Waals surface area contributed by atoms with Gasteiger partial charge >= 0.3 is 0 Å². The summed E-state index contributed by atoms with van der Waals surface area (Å²) in [6, 6.07) is 9.65. The first-order valence-electron chi connectivity index (χ1n) is 8.99. The Morgan fingerprint density at radius 2 is 1.76 bits per heavy atom. The zero-order valence-electron chi connectivity index (χ0n) is 14.7. The smallest absolute Gasteiger partial charge is 0.224 e. The molecule has 0 radical (unpaired) electrons.